The van der Waals surface area contributed by atoms with Gasteiger partial charge in [0.25, 0.3) is 0 Å². The summed E-state index contributed by atoms with van der Waals surface area (Å²) in [5, 5.41) is 0. The van der Waals surface area contributed by atoms with E-state index in [1.165, 1.54) is 0 Å². The van der Waals surface area contributed by atoms with Crippen molar-refractivity contribution in [3.05, 3.63) is 23.8 Å². The second kappa shape index (κ2) is 6.13. The fourth-order valence-corrected chi connectivity index (χ4v) is 1.45. The van der Waals surface area contributed by atoms with Crippen LogP contribution >= 0.6 is 0 Å². The van der Waals surface area contributed by atoms with Gasteiger partial charge in [-0.1, -0.05) is 13.0 Å². The SMILES string of the molecule is CCOC(=O)C(CC)Oc1cccc(N)c1C. The molecular formula is C13H19NO3. The van der Waals surface area contributed by atoms with Gasteiger partial charge in [-0.25, -0.2) is 4.79 Å². The van der Waals surface area contributed by atoms with Crippen LogP contribution in [-0.2, 0) is 9.53 Å². The number of carbonyl (C=O) groups is 1. The first-order valence-electron chi connectivity index (χ1n) is 5.78. The normalized spacial score (nSPS) is 11.9. The number of anilines is 1. The summed E-state index contributed by atoms with van der Waals surface area (Å²) in [6, 6.07) is 5.40. The number of rotatable bonds is 5. The number of hydrogen-bond acceptors (Lipinski definition) is 4. The van der Waals surface area contributed by atoms with Crippen LogP contribution in [-0.4, -0.2) is 18.7 Å². The Morgan fingerprint density at radius 2 is 2.12 bits per heavy atom. The predicted octanol–water partition coefficient (Wildman–Crippen LogP) is 2.30. The number of hydrogen-bond donors (Lipinski definition) is 1. The average molecular weight is 237 g/mol. The highest BCUT2D eigenvalue weighted by molar-refractivity contribution is 5.75. The molecule has 0 saturated heterocycles. The third-order valence-electron chi connectivity index (χ3n) is 2.52. The lowest BCUT2D eigenvalue weighted by Gasteiger charge is -2.18. The lowest BCUT2D eigenvalue weighted by atomic mass is 10.2. The molecule has 0 radical (unpaired) electrons. The summed E-state index contributed by atoms with van der Waals surface area (Å²) in [7, 11) is 0. The minimum Gasteiger partial charge on any atom is -0.478 e. The Hall–Kier alpha value is -1.71. The second-order valence-electron chi connectivity index (χ2n) is 3.74. The molecule has 2 N–H and O–H groups in total. The summed E-state index contributed by atoms with van der Waals surface area (Å²) in [5.74, 6) is 0.293. The van der Waals surface area contributed by atoms with Crippen LogP contribution in [0.3, 0.4) is 0 Å². The standard InChI is InChI=1S/C13H19NO3/c1-4-11(13(15)16-5-2)17-12-8-6-7-10(14)9(12)3/h6-8,11H,4-5,14H2,1-3H3. The quantitative estimate of drug-likeness (QED) is 0.630. The number of ether oxygens (including phenoxy) is 2. The van der Waals surface area contributed by atoms with E-state index in [1.54, 1.807) is 25.1 Å². The molecule has 1 atom stereocenters. The van der Waals surface area contributed by atoms with E-state index in [0.717, 1.165) is 5.56 Å². The molecule has 1 aromatic carbocycles. The van der Waals surface area contributed by atoms with Crippen LogP contribution in [0.2, 0.25) is 0 Å². The van der Waals surface area contributed by atoms with Gasteiger partial charge in [0, 0.05) is 11.3 Å². The topological polar surface area (TPSA) is 61.5 Å². The smallest absolute Gasteiger partial charge is 0.347 e. The van der Waals surface area contributed by atoms with Crippen LogP contribution in [0.5, 0.6) is 5.75 Å². The van der Waals surface area contributed by atoms with E-state index in [4.69, 9.17) is 15.2 Å². The fourth-order valence-electron chi connectivity index (χ4n) is 1.45. The molecule has 0 bridgehead atoms. The van der Waals surface area contributed by atoms with Crippen LogP contribution in [0.4, 0.5) is 5.69 Å². The van der Waals surface area contributed by atoms with E-state index >= 15 is 0 Å². The molecule has 4 heteroatoms. The third-order valence-corrected chi connectivity index (χ3v) is 2.52. The Balaban J connectivity index is 2.80. The summed E-state index contributed by atoms with van der Waals surface area (Å²) in [5.41, 5.74) is 7.27. The van der Waals surface area contributed by atoms with Gasteiger partial charge in [0.2, 0.25) is 0 Å². The van der Waals surface area contributed by atoms with E-state index in [2.05, 4.69) is 0 Å². The molecule has 94 valence electrons. The first kappa shape index (κ1) is 13.4. The maximum atomic E-state index is 11.6. The van der Waals surface area contributed by atoms with E-state index < -0.39 is 6.10 Å². The van der Waals surface area contributed by atoms with Crippen LogP contribution in [0.25, 0.3) is 0 Å². The molecule has 0 amide bonds. The maximum Gasteiger partial charge on any atom is 0.347 e. The summed E-state index contributed by atoms with van der Waals surface area (Å²) in [6.07, 6.45) is -0.0111. The van der Waals surface area contributed by atoms with E-state index in [0.29, 0.717) is 24.5 Å². The van der Waals surface area contributed by atoms with E-state index in [-0.39, 0.29) is 5.97 Å². The summed E-state index contributed by atoms with van der Waals surface area (Å²) >= 11 is 0. The lowest BCUT2D eigenvalue weighted by Crippen LogP contribution is -2.29. The minimum absolute atomic E-state index is 0.336. The predicted molar refractivity (Wildman–Crippen MR) is 66.9 cm³/mol. The fraction of sp³-hybridized carbons (Fsp3) is 0.462. The van der Waals surface area contributed by atoms with Gasteiger partial charge in [-0.15, -0.1) is 0 Å². The van der Waals surface area contributed by atoms with E-state index in [1.807, 2.05) is 13.8 Å². The Kier molecular flexibility index (Phi) is 4.82. The minimum atomic E-state index is -0.574. The largest absolute Gasteiger partial charge is 0.478 e. The van der Waals surface area contributed by atoms with Gasteiger partial charge in [-0.3, -0.25) is 0 Å². The second-order valence-corrected chi connectivity index (χ2v) is 3.74. The molecule has 0 spiro atoms. The molecule has 1 rings (SSSR count). The number of nitrogens with two attached hydrogens (primary N) is 1. The molecule has 17 heavy (non-hydrogen) atoms. The van der Waals surface area contributed by atoms with Crippen molar-refractivity contribution in [3.8, 4) is 5.75 Å². The van der Waals surface area contributed by atoms with Crippen molar-refractivity contribution >= 4 is 11.7 Å². The Morgan fingerprint density at radius 3 is 2.71 bits per heavy atom. The van der Waals surface area contributed by atoms with Crippen molar-refractivity contribution in [2.45, 2.75) is 33.3 Å². The Morgan fingerprint density at radius 1 is 1.41 bits per heavy atom. The van der Waals surface area contributed by atoms with Crippen LogP contribution < -0.4 is 10.5 Å². The van der Waals surface area contributed by atoms with Crippen LogP contribution in [0.15, 0.2) is 18.2 Å². The van der Waals surface area contributed by atoms with Gasteiger partial charge in [0.1, 0.15) is 5.75 Å². The molecule has 0 aliphatic rings. The van der Waals surface area contributed by atoms with Crippen molar-refractivity contribution in [2.24, 2.45) is 0 Å². The zero-order valence-electron chi connectivity index (χ0n) is 10.5. The molecule has 0 aromatic heterocycles. The van der Waals surface area contributed by atoms with Crippen LogP contribution in [0.1, 0.15) is 25.8 Å². The van der Waals surface area contributed by atoms with Gasteiger partial charge < -0.3 is 15.2 Å². The number of carbonyl (C=O) groups excluding carboxylic acids is 1. The molecular weight excluding hydrogens is 218 g/mol. The first-order chi connectivity index (χ1) is 8.10. The van der Waals surface area contributed by atoms with Gasteiger partial charge in [0.15, 0.2) is 6.10 Å². The molecule has 0 fully saturated rings. The van der Waals surface area contributed by atoms with Gasteiger partial charge >= 0.3 is 5.97 Å². The van der Waals surface area contributed by atoms with Gasteiger partial charge in [-0.05, 0) is 32.4 Å². The number of nitrogen functional groups attached to an aromatic ring is 1. The summed E-state index contributed by atoms with van der Waals surface area (Å²) < 4.78 is 10.6. The highest BCUT2D eigenvalue weighted by Crippen LogP contribution is 2.24. The summed E-state index contributed by atoms with van der Waals surface area (Å²) in [6.45, 7) is 5.87. The number of benzene rings is 1. The maximum absolute atomic E-state index is 11.6. The summed E-state index contributed by atoms with van der Waals surface area (Å²) in [4.78, 5) is 11.6. The Bertz CT molecular complexity index is 390. The zero-order chi connectivity index (χ0) is 12.8. The van der Waals surface area contributed by atoms with Crippen molar-refractivity contribution < 1.29 is 14.3 Å². The Labute approximate surface area is 102 Å². The van der Waals surface area contributed by atoms with E-state index in [9.17, 15) is 4.79 Å². The highest BCUT2D eigenvalue weighted by Gasteiger charge is 2.20. The third kappa shape index (κ3) is 3.37. The number of esters is 1. The molecule has 0 heterocycles. The monoisotopic (exact) mass is 237 g/mol. The molecule has 0 saturated carbocycles. The van der Waals surface area contributed by atoms with Crippen molar-refractivity contribution in [3.63, 3.8) is 0 Å². The van der Waals surface area contributed by atoms with Crippen molar-refractivity contribution in [2.75, 3.05) is 12.3 Å². The molecule has 0 aliphatic carbocycles. The van der Waals surface area contributed by atoms with Gasteiger partial charge in [0.05, 0.1) is 6.61 Å². The van der Waals surface area contributed by atoms with Crippen molar-refractivity contribution in [1.82, 2.24) is 0 Å². The molecule has 4 nitrogen and oxygen atoms in total. The molecule has 0 aliphatic heterocycles. The van der Waals surface area contributed by atoms with Gasteiger partial charge in [-0.2, -0.15) is 0 Å². The molecule has 1 unspecified atom stereocenters. The van der Waals surface area contributed by atoms with Crippen molar-refractivity contribution in [1.29, 1.82) is 0 Å². The van der Waals surface area contributed by atoms with Crippen LogP contribution in [0, 0.1) is 6.92 Å². The highest BCUT2D eigenvalue weighted by atomic mass is 16.6. The average Bonchev–Trinajstić information content (AvgIpc) is 2.31. The lowest BCUT2D eigenvalue weighted by molar-refractivity contribution is -0.151. The first-order valence-corrected chi connectivity index (χ1v) is 5.78. The zero-order valence-corrected chi connectivity index (χ0v) is 10.5. The molecule has 1 aromatic rings.